The van der Waals surface area contributed by atoms with Crippen molar-refractivity contribution in [3.63, 3.8) is 0 Å². The Hall–Kier alpha value is -0.220. The zero-order valence-electron chi connectivity index (χ0n) is 12.0. The molecule has 0 aromatic heterocycles. The Kier molecular flexibility index (Phi) is 7.22. The molecule has 0 radical (unpaired) electrons. The molecule has 1 heterocycles. The van der Waals surface area contributed by atoms with Crippen molar-refractivity contribution in [2.75, 3.05) is 25.4 Å². The van der Waals surface area contributed by atoms with Gasteiger partial charge in [0.1, 0.15) is 0 Å². The lowest BCUT2D eigenvalue weighted by Crippen LogP contribution is -2.46. The summed E-state index contributed by atoms with van der Waals surface area (Å²) in [5.41, 5.74) is 1.33. The lowest BCUT2D eigenvalue weighted by Gasteiger charge is -2.35. The molecule has 19 heavy (non-hydrogen) atoms. The molecular formula is C15H24ClNOS. The summed E-state index contributed by atoms with van der Waals surface area (Å²) >= 11 is 1.94. The van der Waals surface area contributed by atoms with Gasteiger partial charge in [-0.3, -0.25) is 4.90 Å². The number of aryl methyl sites for hydroxylation is 1. The number of ether oxygens (including phenoxy) is 1. The first-order valence-corrected chi connectivity index (χ1v) is 7.69. The van der Waals surface area contributed by atoms with Crippen LogP contribution in [0.2, 0.25) is 0 Å². The van der Waals surface area contributed by atoms with E-state index < -0.39 is 0 Å². The van der Waals surface area contributed by atoms with Crippen molar-refractivity contribution >= 4 is 24.2 Å². The zero-order valence-corrected chi connectivity index (χ0v) is 13.6. The first-order valence-electron chi connectivity index (χ1n) is 6.71. The van der Waals surface area contributed by atoms with Crippen molar-refractivity contribution < 1.29 is 4.74 Å². The minimum atomic E-state index is 0. The van der Waals surface area contributed by atoms with Crippen molar-refractivity contribution in [3.8, 4) is 0 Å². The third-order valence-corrected chi connectivity index (χ3v) is 4.18. The first kappa shape index (κ1) is 16.8. The maximum atomic E-state index is 5.75. The third kappa shape index (κ3) is 5.74. The highest BCUT2D eigenvalue weighted by molar-refractivity contribution is 7.99. The van der Waals surface area contributed by atoms with Gasteiger partial charge < -0.3 is 4.74 Å². The molecule has 108 valence electrons. The second-order valence-corrected chi connectivity index (χ2v) is 6.35. The molecule has 0 bridgehead atoms. The van der Waals surface area contributed by atoms with Gasteiger partial charge in [-0.05, 0) is 32.9 Å². The lowest BCUT2D eigenvalue weighted by molar-refractivity contribution is -0.0661. The molecule has 1 aliphatic rings. The van der Waals surface area contributed by atoms with Crippen LogP contribution in [0.1, 0.15) is 19.4 Å². The second kappa shape index (κ2) is 8.15. The topological polar surface area (TPSA) is 12.5 Å². The van der Waals surface area contributed by atoms with Gasteiger partial charge in [-0.2, -0.15) is 0 Å². The normalized spacial score (nSPS) is 23.9. The molecule has 2 nitrogen and oxygen atoms in total. The largest absolute Gasteiger partial charge is 0.373 e. The molecule has 1 fully saturated rings. The van der Waals surface area contributed by atoms with Crippen molar-refractivity contribution in [1.82, 2.24) is 4.90 Å². The van der Waals surface area contributed by atoms with E-state index in [1.807, 2.05) is 11.8 Å². The van der Waals surface area contributed by atoms with Crippen LogP contribution in [-0.2, 0) is 4.74 Å². The fraction of sp³-hybridized carbons (Fsp3) is 0.600. The molecule has 0 aliphatic carbocycles. The van der Waals surface area contributed by atoms with Crippen LogP contribution in [0.15, 0.2) is 29.2 Å². The third-order valence-electron chi connectivity index (χ3n) is 3.19. The summed E-state index contributed by atoms with van der Waals surface area (Å²) in [6, 6.07) is 8.79. The summed E-state index contributed by atoms with van der Waals surface area (Å²) in [6.07, 6.45) is 0.747. The Morgan fingerprint density at radius 1 is 1.16 bits per heavy atom. The van der Waals surface area contributed by atoms with Gasteiger partial charge in [0, 0.05) is 30.3 Å². The average molecular weight is 302 g/mol. The van der Waals surface area contributed by atoms with E-state index in [0.29, 0.717) is 12.2 Å². The molecule has 2 rings (SSSR count). The van der Waals surface area contributed by atoms with Crippen molar-refractivity contribution in [1.29, 1.82) is 0 Å². The molecule has 1 aliphatic heterocycles. The summed E-state index contributed by atoms with van der Waals surface area (Å²) in [5.74, 6) is 1.16. The van der Waals surface area contributed by atoms with Gasteiger partial charge >= 0.3 is 0 Å². The van der Waals surface area contributed by atoms with Crippen LogP contribution in [0.5, 0.6) is 0 Å². The number of halogens is 1. The lowest BCUT2D eigenvalue weighted by atomic mass is 10.2. The molecule has 0 amide bonds. The standard InChI is InChI=1S/C15H23NOS.ClH/c1-12-4-6-15(7-5-12)18-9-8-16-10-13(2)17-14(3)11-16;/h4-7,13-14H,8-11H2,1-3H3;1H. The quantitative estimate of drug-likeness (QED) is 0.788. The molecule has 2 atom stereocenters. The molecule has 0 saturated carbocycles. The summed E-state index contributed by atoms with van der Waals surface area (Å²) < 4.78 is 5.75. The van der Waals surface area contributed by atoms with Crippen LogP contribution in [0.3, 0.4) is 0 Å². The number of benzene rings is 1. The SMILES string of the molecule is Cc1ccc(SCCN2CC(C)OC(C)C2)cc1.Cl. The zero-order chi connectivity index (χ0) is 13.0. The van der Waals surface area contributed by atoms with Gasteiger partial charge in [0.25, 0.3) is 0 Å². The molecular weight excluding hydrogens is 278 g/mol. The Balaban J connectivity index is 0.00000180. The van der Waals surface area contributed by atoms with E-state index in [2.05, 4.69) is 49.9 Å². The first-order chi connectivity index (χ1) is 8.63. The van der Waals surface area contributed by atoms with E-state index in [0.717, 1.165) is 25.4 Å². The minimum absolute atomic E-state index is 0. The molecule has 0 spiro atoms. The van der Waals surface area contributed by atoms with E-state index in [1.54, 1.807) is 0 Å². The van der Waals surface area contributed by atoms with Crippen LogP contribution < -0.4 is 0 Å². The van der Waals surface area contributed by atoms with Gasteiger partial charge in [0.05, 0.1) is 12.2 Å². The van der Waals surface area contributed by atoms with Crippen LogP contribution in [0.4, 0.5) is 0 Å². The maximum absolute atomic E-state index is 5.75. The summed E-state index contributed by atoms with van der Waals surface area (Å²) in [7, 11) is 0. The van der Waals surface area contributed by atoms with Gasteiger partial charge in [-0.15, -0.1) is 24.2 Å². The monoisotopic (exact) mass is 301 g/mol. The van der Waals surface area contributed by atoms with Gasteiger partial charge in [0.15, 0.2) is 0 Å². The number of nitrogens with zero attached hydrogens (tertiary/aromatic N) is 1. The predicted molar refractivity (Wildman–Crippen MR) is 85.6 cm³/mol. The van der Waals surface area contributed by atoms with Crippen LogP contribution in [0.25, 0.3) is 0 Å². The number of hydrogen-bond donors (Lipinski definition) is 0. The van der Waals surface area contributed by atoms with E-state index in [4.69, 9.17) is 4.74 Å². The van der Waals surface area contributed by atoms with Crippen molar-refractivity contribution in [2.45, 2.75) is 37.9 Å². The highest BCUT2D eigenvalue weighted by Gasteiger charge is 2.21. The van der Waals surface area contributed by atoms with Crippen molar-refractivity contribution in [3.05, 3.63) is 29.8 Å². The van der Waals surface area contributed by atoms with Crippen LogP contribution >= 0.6 is 24.2 Å². The number of thioether (sulfide) groups is 1. The van der Waals surface area contributed by atoms with Gasteiger partial charge in [-0.1, -0.05) is 17.7 Å². The van der Waals surface area contributed by atoms with Crippen LogP contribution in [-0.4, -0.2) is 42.5 Å². The summed E-state index contributed by atoms with van der Waals surface area (Å²) in [5, 5.41) is 0. The number of rotatable bonds is 4. The van der Waals surface area contributed by atoms with Crippen molar-refractivity contribution in [2.24, 2.45) is 0 Å². The maximum Gasteiger partial charge on any atom is 0.0678 e. The summed E-state index contributed by atoms with van der Waals surface area (Å²) in [6.45, 7) is 9.74. The second-order valence-electron chi connectivity index (χ2n) is 5.18. The molecule has 1 aromatic carbocycles. The Bertz CT molecular complexity index is 361. The van der Waals surface area contributed by atoms with E-state index in [-0.39, 0.29) is 12.4 Å². The molecule has 1 aromatic rings. The Labute approximate surface area is 127 Å². The highest BCUT2D eigenvalue weighted by Crippen LogP contribution is 2.19. The fourth-order valence-corrected chi connectivity index (χ4v) is 3.31. The van der Waals surface area contributed by atoms with E-state index in [1.165, 1.54) is 10.5 Å². The fourth-order valence-electron chi connectivity index (χ4n) is 2.39. The molecule has 2 unspecified atom stereocenters. The number of hydrogen-bond acceptors (Lipinski definition) is 3. The van der Waals surface area contributed by atoms with Gasteiger partial charge in [0.2, 0.25) is 0 Å². The predicted octanol–water partition coefficient (Wildman–Crippen LogP) is 3.62. The smallest absolute Gasteiger partial charge is 0.0678 e. The average Bonchev–Trinajstić information content (AvgIpc) is 2.30. The van der Waals surface area contributed by atoms with E-state index >= 15 is 0 Å². The molecule has 4 heteroatoms. The van der Waals surface area contributed by atoms with Crippen LogP contribution in [0, 0.1) is 6.92 Å². The highest BCUT2D eigenvalue weighted by atomic mass is 35.5. The number of morpholine rings is 1. The Morgan fingerprint density at radius 3 is 2.32 bits per heavy atom. The Morgan fingerprint density at radius 2 is 1.74 bits per heavy atom. The van der Waals surface area contributed by atoms with Gasteiger partial charge in [-0.25, -0.2) is 0 Å². The molecule has 0 N–H and O–H groups in total. The molecule has 1 saturated heterocycles. The minimum Gasteiger partial charge on any atom is -0.373 e. The summed E-state index contributed by atoms with van der Waals surface area (Å²) in [4.78, 5) is 3.88. The van der Waals surface area contributed by atoms with E-state index in [9.17, 15) is 0 Å².